The first-order valence-electron chi connectivity index (χ1n) is 9.26. The molecule has 1 amide bonds. The molecule has 0 bridgehead atoms. The molecule has 3 heterocycles. The molecule has 4 rings (SSSR count). The predicted octanol–water partition coefficient (Wildman–Crippen LogP) is 5.78. The number of hydrogen-bond acceptors (Lipinski definition) is 5. The molecule has 0 aliphatic carbocycles. The van der Waals surface area contributed by atoms with Crippen molar-refractivity contribution in [1.29, 1.82) is 0 Å². The fourth-order valence-electron chi connectivity index (χ4n) is 3.00. The zero-order valence-electron chi connectivity index (χ0n) is 16.5. The van der Waals surface area contributed by atoms with Crippen molar-refractivity contribution >= 4 is 46.0 Å². The Morgan fingerprint density at radius 3 is 2.59 bits per heavy atom. The van der Waals surface area contributed by atoms with Crippen LogP contribution in [0.3, 0.4) is 0 Å². The van der Waals surface area contributed by atoms with Crippen LogP contribution in [0.25, 0.3) is 11.0 Å². The third kappa shape index (κ3) is 4.59. The highest BCUT2D eigenvalue weighted by Gasteiger charge is 2.31. The van der Waals surface area contributed by atoms with Crippen LogP contribution in [0.15, 0.2) is 48.8 Å². The van der Waals surface area contributed by atoms with Crippen LogP contribution in [0.4, 0.5) is 43.8 Å². The SMILES string of the molecule is O=C(Nc1cc(C(F)(F)F)ccn1)c1cc2nc(N(c3c(F)cccc3Cl)C(F)F)[nH]c2cn1. The second-order valence-electron chi connectivity index (χ2n) is 6.75. The standard InChI is InChI=1S/C20H11ClF6N6O/c21-10-2-1-3-11(22)16(10)33(18(23)24)19-30-12-7-13(29-8-14(12)31-19)17(34)32-15-6-9(4-5-28-15)20(25,26)27/h1-8,18H,(H,30,31)(H,28,32,34). The number of pyridine rings is 2. The summed E-state index contributed by atoms with van der Waals surface area (Å²) in [5.41, 5.74) is -1.78. The van der Waals surface area contributed by atoms with Crippen molar-refractivity contribution in [3.05, 3.63) is 70.9 Å². The molecule has 176 valence electrons. The number of nitrogens with zero attached hydrogens (tertiary/aromatic N) is 4. The van der Waals surface area contributed by atoms with Crippen LogP contribution in [-0.4, -0.2) is 32.4 Å². The lowest BCUT2D eigenvalue weighted by molar-refractivity contribution is -0.137. The van der Waals surface area contributed by atoms with Crippen molar-refractivity contribution in [2.75, 3.05) is 10.2 Å². The van der Waals surface area contributed by atoms with Gasteiger partial charge >= 0.3 is 12.7 Å². The number of nitrogens with one attached hydrogen (secondary N) is 2. The smallest absolute Gasteiger partial charge is 0.322 e. The van der Waals surface area contributed by atoms with Crippen molar-refractivity contribution in [1.82, 2.24) is 19.9 Å². The average Bonchev–Trinajstić information content (AvgIpc) is 3.18. The largest absolute Gasteiger partial charge is 0.416 e. The first-order chi connectivity index (χ1) is 16.0. The van der Waals surface area contributed by atoms with E-state index in [9.17, 15) is 31.1 Å². The van der Waals surface area contributed by atoms with Gasteiger partial charge in [-0.1, -0.05) is 17.7 Å². The fourth-order valence-corrected chi connectivity index (χ4v) is 3.26. The Morgan fingerprint density at radius 2 is 1.91 bits per heavy atom. The van der Waals surface area contributed by atoms with Gasteiger partial charge in [0, 0.05) is 6.20 Å². The van der Waals surface area contributed by atoms with Gasteiger partial charge in [-0.05, 0) is 30.3 Å². The van der Waals surface area contributed by atoms with E-state index in [1.165, 1.54) is 12.1 Å². The maximum Gasteiger partial charge on any atom is 0.416 e. The lowest BCUT2D eigenvalue weighted by atomic mass is 10.2. The van der Waals surface area contributed by atoms with E-state index in [1.54, 1.807) is 0 Å². The summed E-state index contributed by atoms with van der Waals surface area (Å²) >= 11 is 5.90. The highest BCUT2D eigenvalue weighted by atomic mass is 35.5. The molecule has 3 aromatic heterocycles. The molecule has 2 N–H and O–H groups in total. The first-order valence-corrected chi connectivity index (χ1v) is 9.64. The van der Waals surface area contributed by atoms with Crippen molar-refractivity contribution in [2.45, 2.75) is 12.7 Å². The molecule has 0 saturated heterocycles. The second kappa shape index (κ2) is 8.82. The quantitative estimate of drug-likeness (QED) is 0.268. The van der Waals surface area contributed by atoms with Gasteiger partial charge in [0.05, 0.1) is 27.8 Å². The maximum atomic E-state index is 14.2. The van der Waals surface area contributed by atoms with E-state index < -0.39 is 41.6 Å². The summed E-state index contributed by atoms with van der Waals surface area (Å²) in [6.45, 7) is -3.24. The number of halogens is 7. The number of hydrogen-bond donors (Lipinski definition) is 2. The number of benzene rings is 1. The van der Waals surface area contributed by atoms with Crippen LogP contribution in [-0.2, 0) is 6.18 Å². The number of aromatic amines is 1. The van der Waals surface area contributed by atoms with Gasteiger partial charge in [-0.25, -0.2) is 24.2 Å². The number of para-hydroxylation sites is 1. The summed E-state index contributed by atoms with van der Waals surface area (Å²) in [4.78, 5) is 26.7. The van der Waals surface area contributed by atoms with E-state index in [2.05, 4.69) is 25.3 Å². The molecule has 0 atom stereocenters. The molecule has 0 saturated carbocycles. The zero-order chi connectivity index (χ0) is 24.6. The van der Waals surface area contributed by atoms with Crippen LogP contribution in [0.1, 0.15) is 16.1 Å². The predicted molar refractivity (Wildman–Crippen MR) is 111 cm³/mol. The number of alkyl halides is 5. The van der Waals surface area contributed by atoms with Crippen LogP contribution in [0.2, 0.25) is 5.02 Å². The van der Waals surface area contributed by atoms with Crippen molar-refractivity contribution in [3.63, 3.8) is 0 Å². The van der Waals surface area contributed by atoms with Gasteiger partial charge in [0.1, 0.15) is 23.0 Å². The molecule has 0 spiro atoms. The number of rotatable bonds is 5. The number of imidazole rings is 1. The zero-order valence-corrected chi connectivity index (χ0v) is 17.3. The van der Waals surface area contributed by atoms with Crippen molar-refractivity contribution in [3.8, 4) is 0 Å². The number of carbonyl (C=O) groups is 1. The van der Waals surface area contributed by atoms with Crippen molar-refractivity contribution in [2.24, 2.45) is 0 Å². The Hall–Kier alpha value is -3.87. The molecule has 1 aromatic carbocycles. The molecule has 0 aliphatic heterocycles. The number of fused-ring (bicyclic) bond motifs is 1. The van der Waals surface area contributed by atoms with Crippen molar-refractivity contribution < 1.29 is 31.1 Å². The van der Waals surface area contributed by atoms with Gasteiger partial charge in [-0.15, -0.1) is 0 Å². The number of amides is 1. The third-order valence-electron chi connectivity index (χ3n) is 4.52. The van der Waals surface area contributed by atoms with Gasteiger partial charge in [-0.3, -0.25) is 4.79 Å². The maximum absolute atomic E-state index is 14.2. The molecule has 14 heteroatoms. The third-order valence-corrected chi connectivity index (χ3v) is 4.82. The number of carbonyl (C=O) groups excluding carboxylic acids is 1. The summed E-state index contributed by atoms with van der Waals surface area (Å²) < 4.78 is 80.4. The summed E-state index contributed by atoms with van der Waals surface area (Å²) in [7, 11) is 0. The normalized spacial score (nSPS) is 11.8. The minimum atomic E-state index is -4.64. The van der Waals surface area contributed by atoms with E-state index in [0.717, 1.165) is 30.6 Å². The van der Waals surface area contributed by atoms with Gasteiger partial charge in [0.25, 0.3) is 5.91 Å². The molecule has 0 unspecified atom stereocenters. The van der Waals surface area contributed by atoms with Gasteiger partial charge in [-0.2, -0.15) is 22.0 Å². The minimum absolute atomic E-state index is 0.00487. The van der Waals surface area contributed by atoms with E-state index in [-0.39, 0.29) is 32.5 Å². The van der Waals surface area contributed by atoms with E-state index in [1.807, 2.05) is 0 Å². The van der Waals surface area contributed by atoms with Crippen LogP contribution >= 0.6 is 11.6 Å². The first kappa shape index (κ1) is 23.3. The molecule has 4 aromatic rings. The second-order valence-corrected chi connectivity index (χ2v) is 7.15. The van der Waals surface area contributed by atoms with E-state index in [4.69, 9.17) is 11.6 Å². The summed E-state index contributed by atoms with van der Waals surface area (Å²) in [5.74, 6) is -2.78. The summed E-state index contributed by atoms with van der Waals surface area (Å²) in [5, 5.41) is 1.89. The van der Waals surface area contributed by atoms with Gasteiger partial charge in [0.2, 0.25) is 5.95 Å². The summed E-state index contributed by atoms with van der Waals surface area (Å²) in [6, 6.07) is 5.92. The Kier molecular flexibility index (Phi) is 6.04. The molecule has 7 nitrogen and oxygen atoms in total. The van der Waals surface area contributed by atoms with Crippen LogP contribution < -0.4 is 10.2 Å². The minimum Gasteiger partial charge on any atom is -0.322 e. The van der Waals surface area contributed by atoms with E-state index in [0.29, 0.717) is 6.07 Å². The lowest BCUT2D eigenvalue weighted by Crippen LogP contribution is -2.25. The Labute approximate surface area is 191 Å². The molecular formula is C20H11ClF6N6O. The van der Waals surface area contributed by atoms with E-state index >= 15 is 0 Å². The highest BCUT2D eigenvalue weighted by Crippen LogP contribution is 2.36. The highest BCUT2D eigenvalue weighted by molar-refractivity contribution is 6.33. The van der Waals surface area contributed by atoms with Gasteiger partial charge < -0.3 is 10.3 Å². The molecular weight excluding hydrogens is 490 g/mol. The number of H-pyrrole nitrogens is 1. The Bertz CT molecular complexity index is 1360. The fraction of sp³-hybridized carbons (Fsp3) is 0.100. The summed E-state index contributed by atoms with van der Waals surface area (Å²) in [6.07, 6.45) is -2.66. The monoisotopic (exact) mass is 500 g/mol. The molecule has 0 radical (unpaired) electrons. The molecule has 0 fully saturated rings. The van der Waals surface area contributed by atoms with Crippen LogP contribution in [0.5, 0.6) is 0 Å². The lowest BCUT2D eigenvalue weighted by Gasteiger charge is -2.22. The molecule has 0 aliphatic rings. The average molecular weight is 501 g/mol. The van der Waals surface area contributed by atoms with Crippen LogP contribution in [0, 0.1) is 5.82 Å². The Balaban J connectivity index is 1.65. The Morgan fingerprint density at radius 1 is 1.15 bits per heavy atom. The van der Waals surface area contributed by atoms with Gasteiger partial charge in [0.15, 0.2) is 0 Å². The topological polar surface area (TPSA) is 86.8 Å². The number of anilines is 3. The number of aromatic nitrogens is 4. The molecule has 34 heavy (non-hydrogen) atoms.